The largest absolute Gasteiger partial charge is 0.212 e. The van der Waals surface area contributed by atoms with E-state index in [0.29, 0.717) is 0 Å². The van der Waals surface area contributed by atoms with Crippen LogP contribution >= 0.6 is 0 Å². The van der Waals surface area contributed by atoms with E-state index >= 15 is 0 Å². The highest BCUT2D eigenvalue weighted by Gasteiger charge is 2.42. The summed E-state index contributed by atoms with van der Waals surface area (Å²) >= 11 is 0. The molecule has 0 bridgehead atoms. The maximum absolute atomic E-state index is 9.01. The molecule has 1 aromatic heterocycles. The lowest BCUT2D eigenvalue weighted by Crippen LogP contribution is -2.37. The first-order valence-electron chi connectivity index (χ1n) is 9.55. The Morgan fingerprint density at radius 3 is 2.59 bits per heavy atom. The van der Waals surface area contributed by atoms with Gasteiger partial charge in [0.2, 0.25) is 5.69 Å². The molecule has 1 saturated carbocycles. The Bertz CT molecular complexity index is 788. The predicted molar refractivity (Wildman–Crippen MR) is 90.7 cm³/mol. The third-order valence-corrected chi connectivity index (χ3v) is 5.59. The number of pyridine rings is 1. The Kier molecular flexibility index (Phi) is 2.82. The summed E-state index contributed by atoms with van der Waals surface area (Å²) in [6.07, 6.45) is 5.30. The van der Waals surface area contributed by atoms with Gasteiger partial charge >= 0.3 is 0 Å². The van der Waals surface area contributed by atoms with Crippen LogP contribution in [0.4, 0.5) is 0 Å². The first kappa shape index (κ1) is 11.9. The topological polar surface area (TPSA) is 3.88 Å². The van der Waals surface area contributed by atoms with Crippen LogP contribution < -0.4 is 4.57 Å². The van der Waals surface area contributed by atoms with Gasteiger partial charge in [-0.05, 0) is 49.3 Å². The summed E-state index contributed by atoms with van der Waals surface area (Å²) < 4.78 is 20.1. The maximum Gasteiger partial charge on any atom is 0.212 e. The minimum absolute atomic E-state index is 0.185. The molecule has 2 aromatic rings. The molecular weight excluding hydrogens is 266 g/mol. The number of aryl methyl sites for hydroxylation is 1. The summed E-state index contributed by atoms with van der Waals surface area (Å²) in [7, 11) is 2.04. The molecule has 2 aliphatic rings. The molecule has 4 rings (SSSR count). The maximum atomic E-state index is 9.01. The second-order valence-electron chi connectivity index (χ2n) is 7.11. The number of aromatic nitrogens is 1. The van der Waals surface area contributed by atoms with Crippen molar-refractivity contribution in [3.63, 3.8) is 0 Å². The Labute approximate surface area is 136 Å². The molecule has 0 aliphatic heterocycles. The molecule has 0 atom stereocenters. The molecule has 2 aliphatic carbocycles. The van der Waals surface area contributed by atoms with Gasteiger partial charge < -0.3 is 0 Å². The van der Waals surface area contributed by atoms with E-state index in [1.165, 1.54) is 36.0 Å². The smallest absolute Gasteiger partial charge is 0.198 e. The Hall–Kier alpha value is -1.63. The summed E-state index contributed by atoms with van der Waals surface area (Å²) in [6.45, 7) is 2.12. The quantitative estimate of drug-likeness (QED) is 0.680. The molecule has 1 nitrogen and oxygen atoms in total. The summed E-state index contributed by atoms with van der Waals surface area (Å²) in [4.78, 5) is 0. The van der Waals surface area contributed by atoms with Crippen LogP contribution in [0.25, 0.3) is 11.3 Å². The molecule has 1 heteroatoms. The number of hydrogen-bond acceptors (Lipinski definition) is 0. The minimum atomic E-state index is -1.24. The lowest BCUT2D eigenvalue weighted by molar-refractivity contribution is -0.668. The molecule has 0 saturated heterocycles. The van der Waals surface area contributed by atoms with E-state index in [1.807, 2.05) is 7.05 Å². The van der Waals surface area contributed by atoms with Crippen LogP contribution in [0.15, 0.2) is 36.4 Å². The van der Waals surface area contributed by atoms with E-state index in [1.54, 1.807) is 0 Å². The molecule has 0 radical (unpaired) electrons. The summed E-state index contributed by atoms with van der Waals surface area (Å²) in [5.74, 6) is 0. The van der Waals surface area contributed by atoms with Crippen molar-refractivity contribution in [2.45, 2.75) is 51.8 Å². The van der Waals surface area contributed by atoms with E-state index in [2.05, 4.69) is 47.9 Å². The van der Waals surface area contributed by atoms with E-state index in [0.717, 1.165) is 30.7 Å². The van der Waals surface area contributed by atoms with Crippen molar-refractivity contribution < 1.29 is 7.31 Å². The van der Waals surface area contributed by atoms with Crippen molar-refractivity contribution in [1.82, 2.24) is 0 Å². The van der Waals surface area contributed by atoms with Crippen molar-refractivity contribution in [3.05, 3.63) is 53.2 Å². The Morgan fingerprint density at radius 1 is 1.05 bits per heavy atom. The summed E-state index contributed by atoms with van der Waals surface area (Å²) in [5.41, 5.74) is 5.48. The highest BCUT2D eigenvalue weighted by atomic mass is 15.0. The third kappa shape index (κ3) is 2.18. The van der Waals surface area contributed by atoms with Crippen LogP contribution in [0.2, 0.25) is 0 Å². The molecule has 0 N–H and O–H groups in total. The highest BCUT2D eigenvalue weighted by Crippen LogP contribution is 2.46. The Balaban J connectivity index is 1.87. The Morgan fingerprint density at radius 2 is 1.82 bits per heavy atom. The zero-order chi connectivity index (χ0) is 16.9. The van der Waals surface area contributed by atoms with E-state index in [9.17, 15) is 0 Å². The van der Waals surface area contributed by atoms with Crippen LogP contribution in [0.5, 0.6) is 0 Å². The number of hydrogen-bond donors (Lipinski definition) is 0. The van der Waals surface area contributed by atoms with Gasteiger partial charge in [0.25, 0.3) is 0 Å². The van der Waals surface area contributed by atoms with Crippen molar-refractivity contribution >= 4 is 0 Å². The molecule has 1 spiro atoms. The number of fused-ring (bicyclic) bond motifs is 1. The van der Waals surface area contributed by atoms with Gasteiger partial charge in [-0.3, -0.25) is 0 Å². The molecule has 22 heavy (non-hydrogen) atoms. The van der Waals surface area contributed by atoms with Crippen LogP contribution in [-0.2, 0) is 19.8 Å². The zero-order valence-corrected chi connectivity index (χ0v) is 13.7. The van der Waals surface area contributed by atoms with Crippen molar-refractivity contribution in [2.24, 2.45) is 12.5 Å². The van der Waals surface area contributed by atoms with Gasteiger partial charge in [0.05, 0.1) is 0 Å². The minimum Gasteiger partial charge on any atom is -0.198 e. The van der Waals surface area contributed by atoms with Gasteiger partial charge in [0.1, 0.15) is 7.05 Å². The monoisotopic (exact) mass is 294 g/mol. The third-order valence-electron chi connectivity index (χ3n) is 5.59. The van der Waals surface area contributed by atoms with Gasteiger partial charge in [-0.25, -0.2) is 0 Å². The van der Waals surface area contributed by atoms with Gasteiger partial charge in [0.15, 0.2) is 5.69 Å². The van der Waals surface area contributed by atoms with Crippen LogP contribution in [-0.4, -0.2) is 0 Å². The number of benzene rings is 1. The molecule has 1 fully saturated rings. The molecular formula is C21H26N+. The second kappa shape index (κ2) is 5.22. The average Bonchev–Trinajstić information content (AvgIpc) is 2.77. The molecule has 1 aromatic carbocycles. The molecule has 0 amide bonds. The number of nitrogens with zero attached hydrogens (tertiary/aromatic N) is 1. The molecule has 0 unspecified atom stereocenters. The summed E-state index contributed by atoms with van der Waals surface area (Å²) in [6, 6.07) is 12.7. The molecule has 1 heterocycles. The standard InChI is InChI=1S/C21H26N/c1-16-8-4-5-9-18(16)19-11-10-17-14-21(12-6-3-7-13-21)15-20(17)22(19)2/h4-5,8-11H,3,6-7,12-15H2,1-2H3/q+1/i15D2. The van der Waals surface area contributed by atoms with E-state index in [-0.39, 0.29) is 5.41 Å². The van der Waals surface area contributed by atoms with E-state index < -0.39 is 6.37 Å². The van der Waals surface area contributed by atoms with Crippen molar-refractivity contribution in [2.75, 3.05) is 0 Å². The average molecular weight is 294 g/mol. The van der Waals surface area contributed by atoms with Gasteiger partial charge in [-0.2, -0.15) is 4.57 Å². The fourth-order valence-corrected chi connectivity index (χ4v) is 4.33. The second-order valence-corrected chi connectivity index (χ2v) is 7.11. The van der Waals surface area contributed by atoms with Crippen LogP contribution in [0.1, 0.15) is 51.7 Å². The van der Waals surface area contributed by atoms with E-state index in [4.69, 9.17) is 2.74 Å². The van der Waals surface area contributed by atoms with Crippen molar-refractivity contribution in [1.29, 1.82) is 0 Å². The zero-order valence-electron chi connectivity index (χ0n) is 15.7. The summed E-state index contributed by atoms with van der Waals surface area (Å²) in [5, 5.41) is 0. The first-order chi connectivity index (χ1) is 11.5. The van der Waals surface area contributed by atoms with Crippen molar-refractivity contribution in [3.8, 4) is 11.3 Å². The lowest BCUT2D eigenvalue weighted by Gasteiger charge is -2.32. The van der Waals surface area contributed by atoms with Gasteiger partial charge in [-0.15, -0.1) is 0 Å². The fourth-order valence-electron chi connectivity index (χ4n) is 4.33. The van der Waals surface area contributed by atoms with Crippen LogP contribution in [0, 0.1) is 12.3 Å². The fraction of sp³-hybridized carbons (Fsp3) is 0.476. The molecule has 114 valence electrons. The lowest BCUT2D eigenvalue weighted by atomic mass is 9.72. The highest BCUT2D eigenvalue weighted by molar-refractivity contribution is 5.61. The normalized spacial score (nSPS) is 23.0. The first-order valence-corrected chi connectivity index (χ1v) is 8.55. The van der Waals surface area contributed by atoms with Crippen LogP contribution in [0.3, 0.4) is 0 Å². The SMILES string of the molecule is [2H]C1([2H])c2c(ccc(-c3ccccc3C)[n+]2C)CC12CCCCC2. The van der Waals surface area contributed by atoms with Gasteiger partial charge in [-0.1, -0.05) is 37.5 Å². The number of rotatable bonds is 1. The van der Waals surface area contributed by atoms with Gasteiger partial charge in [0, 0.05) is 26.3 Å². The predicted octanol–water partition coefficient (Wildman–Crippen LogP) is 4.54.